The molecule has 0 spiro atoms. The fraction of sp³-hybridized carbons (Fsp3) is 0.435. The van der Waals surface area contributed by atoms with E-state index in [9.17, 15) is 0 Å². The zero-order chi connectivity index (χ0) is 21.9. The number of rotatable bonds is 11. The van der Waals surface area contributed by atoms with Crippen LogP contribution in [0, 0.1) is 0 Å². The van der Waals surface area contributed by atoms with Crippen molar-refractivity contribution in [2.75, 3.05) is 26.7 Å². The standard InChI is InChI=1S/C23H32N6OS.HI/c1-4-22-27-26-18-29(22)15-14-25-23(24-13-12-21-7-6-16-31-21)28(3)17-19-8-10-20(11-9-19)30-5-2;/h6-11,16,18H,4-5,12-15,17H2,1-3H3,(H,24,25);1H. The topological polar surface area (TPSA) is 67.6 Å². The van der Waals surface area contributed by atoms with E-state index in [0.29, 0.717) is 6.61 Å². The van der Waals surface area contributed by atoms with E-state index in [1.54, 1.807) is 17.7 Å². The molecule has 7 nitrogen and oxygen atoms in total. The van der Waals surface area contributed by atoms with Gasteiger partial charge in [0.1, 0.15) is 17.9 Å². The van der Waals surface area contributed by atoms with Gasteiger partial charge in [-0.3, -0.25) is 4.99 Å². The third kappa shape index (κ3) is 8.09. The minimum atomic E-state index is 0. The first kappa shape index (κ1) is 26.1. The summed E-state index contributed by atoms with van der Waals surface area (Å²) in [6.07, 6.45) is 3.61. The Kier molecular flexibility index (Phi) is 11.5. The molecular formula is C23H33IN6OS. The average molecular weight is 569 g/mol. The van der Waals surface area contributed by atoms with E-state index in [-0.39, 0.29) is 24.0 Å². The number of hydrogen-bond donors (Lipinski definition) is 1. The minimum absolute atomic E-state index is 0. The Labute approximate surface area is 211 Å². The molecule has 0 atom stereocenters. The first-order valence-electron chi connectivity index (χ1n) is 10.8. The molecule has 0 bridgehead atoms. The van der Waals surface area contributed by atoms with Crippen molar-refractivity contribution in [3.05, 3.63) is 64.4 Å². The van der Waals surface area contributed by atoms with Gasteiger partial charge in [-0.25, -0.2) is 0 Å². The molecule has 0 fully saturated rings. The number of thiophene rings is 1. The first-order chi connectivity index (χ1) is 15.2. The molecule has 0 aliphatic carbocycles. The molecule has 0 aliphatic rings. The number of benzene rings is 1. The molecule has 0 amide bonds. The van der Waals surface area contributed by atoms with Gasteiger partial charge in [-0.15, -0.1) is 45.5 Å². The molecule has 1 aromatic carbocycles. The van der Waals surface area contributed by atoms with Crippen LogP contribution in [-0.4, -0.2) is 52.4 Å². The van der Waals surface area contributed by atoms with Gasteiger partial charge in [-0.2, -0.15) is 0 Å². The van der Waals surface area contributed by atoms with Crippen LogP contribution in [0.2, 0.25) is 0 Å². The van der Waals surface area contributed by atoms with Crippen molar-refractivity contribution in [2.24, 2.45) is 4.99 Å². The van der Waals surface area contributed by atoms with Crippen molar-refractivity contribution < 1.29 is 4.74 Å². The summed E-state index contributed by atoms with van der Waals surface area (Å²) in [6, 6.07) is 12.5. The third-order valence-electron chi connectivity index (χ3n) is 4.86. The lowest BCUT2D eigenvalue weighted by atomic mass is 10.2. The van der Waals surface area contributed by atoms with Crippen LogP contribution in [0.25, 0.3) is 0 Å². The van der Waals surface area contributed by atoms with Crippen molar-refractivity contribution in [1.82, 2.24) is 25.0 Å². The average Bonchev–Trinajstić information content (AvgIpc) is 3.46. The summed E-state index contributed by atoms with van der Waals surface area (Å²) in [4.78, 5) is 8.40. The summed E-state index contributed by atoms with van der Waals surface area (Å²) >= 11 is 1.78. The zero-order valence-electron chi connectivity index (χ0n) is 19.0. The number of aromatic nitrogens is 3. The molecule has 0 unspecified atom stereocenters. The highest BCUT2D eigenvalue weighted by atomic mass is 127. The summed E-state index contributed by atoms with van der Waals surface area (Å²) in [5, 5.41) is 13.8. The predicted octanol–water partition coefficient (Wildman–Crippen LogP) is 4.24. The van der Waals surface area contributed by atoms with Crippen molar-refractivity contribution in [3.8, 4) is 5.75 Å². The van der Waals surface area contributed by atoms with E-state index in [1.165, 1.54) is 10.4 Å². The molecule has 32 heavy (non-hydrogen) atoms. The number of ether oxygens (including phenoxy) is 1. The number of nitrogens with zero attached hydrogens (tertiary/aromatic N) is 5. The molecule has 0 aliphatic heterocycles. The van der Waals surface area contributed by atoms with E-state index in [1.807, 2.05) is 19.1 Å². The van der Waals surface area contributed by atoms with Crippen LogP contribution >= 0.6 is 35.3 Å². The maximum atomic E-state index is 5.55. The van der Waals surface area contributed by atoms with Crippen LogP contribution in [0.5, 0.6) is 5.75 Å². The number of halogens is 1. The quantitative estimate of drug-likeness (QED) is 0.213. The smallest absolute Gasteiger partial charge is 0.194 e. The van der Waals surface area contributed by atoms with Crippen LogP contribution in [0.1, 0.15) is 30.1 Å². The highest BCUT2D eigenvalue weighted by Gasteiger charge is 2.09. The van der Waals surface area contributed by atoms with Crippen LogP contribution in [0.4, 0.5) is 0 Å². The largest absolute Gasteiger partial charge is 0.494 e. The lowest BCUT2D eigenvalue weighted by Crippen LogP contribution is -2.40. The number of aryl methyl sites for hydroxylation is 1. The Morgan fingerprint density at radius 1 is 1.22 bits per heavy atom. The van der Waals surface area contributed by atoms with Gasteiger partial charge in [0.25, 0.3) is 0 Å². The fourth-order valence-electron chi connectivity index (χ4n) is 3.27. The second kappa shape index (κ2) is 14.1. The SMILES string of the molecule is CCOc1ccc(CN(C)C(=NCCc2cccs2)NCCn2cnnc2CC)cc1.I. The summed E-state index contributed by atoms with van der Waals surface area (Å²) < 4.78 is 7.63. The molecule has 0 saturated carbocycles. The lowest BCUT2D eigenvalue weighted by Gasteiger charge is -2.23. The van der Waals surface area contributed by atoms with Gasteiger partial charge >= 0.3 is 0 Å². The first-order valence-corrected chi connectivity index (χ1v) is 11.7. The summed E-state index contributed by atoms with van der Waals surface area (Å²) in [7, 11) is 2.07. The number of hydrogen-bond acceptors (Lipinski definition) is 5. The van der Waals surface area contributed by atoms with E-state index < -0.39 is 0 Å². The molecule has 0 radical (unpaired) electrons. The van der Waals surface area contributed by atoms with Gasteiger partial charge in [0.05, 0.1) is 6.61 Å². The molecule has 1 N–H and O–H groups in total. The molecule has 2 heterocycles. The van der Waals surface area contributed by atoms with Gasteiger partial charge in [-0.1, -0.05) is 25.1 Å². The Bertz CT molecular complexity index is 926. The fourth-order valence-corrected chi connectivity index (χ4v) is 3.97. The molecule has 174 valence electrons. The van der Waals surface area contributed by atoms with Crippen LogP contribution in [0.3, 0.4) is 0 Å². The van der Waals surface area contributed by atoms with Gasteiger partial charge in [0.15, 0.2) is 5.96 Å². The zero-order valence-corrected chi connectivity index (χ0v) is 22.2. The van der Waals surface area contributed by atoms with Crippen molar-refractivity contribution in [3.63, 3.8) is 0 Å². The molecule has 2 aromatic heterocycles. The molecule has 9 heteroatoms. The Morgan fingerprint density at radius 3 is 2.72 bits per heavy atom. The number of guanidine groups is 1. The van der Waals surface area contributed by atoms with Crippen molar-refractivity contribution in [1.29, 1.82) is 0 Å². The van der Waals surface area contributed by atoms with E-state index in [2.05, 4.69) is 68.6 Å². The summed E-state index contributed by atoms with van der Waals surface area (Å²) in [5.74, 6) is 2.80. The summed E-state index contributed by atoms with van der Waals surface area (Å²) in [5.41, 5.74) is 1.21. The van der Waals surface area contributed by atoms with Gasteiger partial charge < -0.3 is 19.5 Å². The minimum Gasteiger partial charge on any atom is -0.494 e. The molecular weight excluding hydrogens is 535 g/mol. The number of nitrogens with one attached hydrogen (secondary N) is 1. The maximum Gasteiger partial charge on any atom is 0.194 e. The van der Waals surface area contributed by atoms with Gasteiger partial charge in [-0.05, 0) is 36.1 Å². The second-order valence-electron chi connectivity index (χ2n) is 7.19. The summed E-state index contributed by atoms with van der Waals surface area (Å²) in [6.45, 7) is 7.85. The molecule has 3 aromatic rings. The van der Waals surface area contributed by atoms with Crippen LogP contribution < -0.4 is 10.1 Å². The van der Waals surface area contributed by atoms with Gasteiger partial charge in [0.2, 0.25) is 0 Å². The lowest BCUT2D eigenvalue weighted by molar-refractivity contribution is 0.340. The third-order valence-corrected chi connectivity index (χ3v) is 5.80. The molecule has 3 rings (SSSR count). The highest BCUT2D eigenvalue weighted by molar-refractivity contribution is 14.0. The Morgan fingerprint density at radius 2 is 2.03 bits per heavy atom. The van der Waals surface area contributed by atoms with Crippen molar-refractivity contribution >= 4 is 41.3 Å². The number of aliphatic imine (C=N–C) groups is 1. The van der Waals surface area contributed by atoms with Crippen LogP contribution in [-0.2, 0) is 25.9 Å². The van der Waals surface area contributed by atoms with Crippen LogP contribution in [0.15, 0.2) is 53.1 Å². The Hall–Kier alpha value is -2.14. The van der Waals surface area contributed by atoms with E-state index >= 15 is 0 Å². The van der Waals surface area contributed by atoms with E-state index in [0.717, 1.165) is 56.6 Å². The highest BCUT2D eigenvalue weighted by Crippen LogP contribution is 2.13. The molecule has 0 saturated heterocycles. The normalized spacial score (nSPS) is 11.2. The van der Waals surface area contributed by atoms with Gasteiger partial charge in [0, 0.05) is 50.9 Å². The van der Waals surface area contributed by atoms with E-state index in [4.69, 9.17) is 9.73 Å². The Balaban J connectivity index is 0.00000363. The predicted molar refractivity (Wildman–Crippen MR) is 142 cm³/mol. The maximum absolute atomic E-state index is 5.55. The van der Waals surface area contributed by atoms with Crippen molar-refractivity contribution in [2.45, 2.75) is 39.8 Å². The monoisotopic (exact) mass is 568 g/mol. The second-order valence-corrected chi connectivity index (χ2v) is 8.22.